The van der Waals surface area contributed by atoms with Crippen LogP contribution < -0.4 is 37.2 Å². The Hall–Kier alpha value is -7.84. The molecule has 26 heteroatoms. The molecule has 0 aliphatic carbocycles. The van der Waals surface area contributed by atoms with E-state index in [1.165, 1.54) is 52.6 Å². The van der Waals surface area contributed by atoms with Crippen LogP contribution in [-0.4, -0.2) is 245 Å². The van der Waals surface area contributed by atoms with Gasteiger partial charge in [0.1, 0.15) is 42.3 Å². The van der Waals surface area contributed by atoms with E-state index in [2.05, 4.69) is 37.2 Å². The summed E-state index contributed by atoms with van der Waals surface area (Å²) in [6, 6.07) is 5.44. The van der Waals surface area contributed by atoms with Crippen LogP contribution in [0.15, 0.2) is 60.7 Å². The predicted molar refractivity (Wildman–Crippen MR) is 420 cm³/mol. The number of nitrogens with zero attached hydrogens (tertiary/aromatic N) is 6. The minimum absolute atomic E-state index is 0.0375. The van der Waals surface area contributed by atoms with Crippen molar-refractivity contribution in [3.05, 3.63) is 71.8 Å². The van der Waals surface area contributed by atoms with E-state index >= 15 is 14.4 Å². The lowest BCUT2D eigenvalue weighted by Crippen LogP contribution is -2.63. The average molecular weight is 1510 g/mol. The Balaban J connectivity index is 1.80. The molecule has 2 aromatic rings. The summed E-state index contributed by atoms with van der Waals surface area (Å²) in [6.07, 6.45) is 2.61. The van der Waals surface area contributed by atoms with E-state index in [-0.39, 0.29) is 87.0 Å². The molecule has 0 aromatic heterocycles. The quantitative estimate of drug-likeness (QED) is 0.0510. The Kier molecular flexibility index (Phi) is 38.3. The Labute approximate surface area is 644 Å². The number of Topliss-reactive ketones (excluding diaryl/α,β-unsaturated/α-hetero) is 1. The molecular formula is C82H135N13O13. The lowest BCUT2D eigenvalue weighted by Gasteiger charge is -2.38. The highest BCUT2D eigenvalue weighted by molar-refractivity contribution is 5.98. The summed E-state index contributed by atoms with van der Waals surface area (Å²) in [7, 11) is 7.53. The number of benzene rings is 2. The molecule has 0 bridgehead atoms. The zero-order valence-electron chi connectivity index (χ0n) is 68.9. The number of rotatable bonds is 28. The molecule has 4 rings (SSSR count). The summed E-state index contributed by atoms with van der Waals surface area (Å²) in [5.74, 6) is -8.47. The predicted octanol–water partition coefficient (Wildman–Crippen LogP) is 5.66. The molecule has 2 aliphatic rings. The van der Waals surface area contributed by atoms with Gasteiger partial charge in [0.15, 0.2) is 5.78 Å². The fraction of sp³-hybridized carbons (Fsp3) is 0.707. The van der Waals surface area contributed by atoms with E-state index in [0.717, 1.165) is 24.8 Å². The molecule has 108 heavy (non-hydrogen) atoms. The van der Waals surface area contributed by atoms with Gasteiger partial charge in [0.2, 0.25) is 65.0 Å². The van der Waals surface area contributed by atoms with Crippen LogP contribution in [0.2, 0.25) is 0 Å². The zero-order chi connectivity index (χ0) is 81.1. The first kappa shape index (κ1) is 92.5. The van der Waals surface area contributed by atoms with E-state index < -0.39 is 162 Å². The second-order valence-electron chi connectivity index (χ2n) is 32.7. The molecule has 606 valence electrons. The molecule has 2 fully saturated rings. The van der Waals surface area contributed by atoms with Gasteiger partial charge in [0.05, 0.1) is 24.7 Å². The lowest BCUT2D eigenvalue weighted by atomic mass is 9.93. The molecule has 2 heterocycles. The summed E-state index contributed by atoms with van der Waals surface area (Å²) in [6.45, 7) is 29.7. The molecule has 15 atom stereocenters. The number of likely N-dealkylation sites (tertiary alicyclic amines) is 1. The first-order chi connectivity index (χ1) is 50.7. The Morgan fingerprint density at radius 1 is 0.565 bits per heavy atom. The van der Waals surface area contributed by atoms with Gasteiger partial charge in [-0.1, -0.05) is 170 Å². The molecule has 2 saturated heterocycles. The van der Waals surface area contributed by atoms with Crippen molar-refractivity contribution in [2.45, 2.75) is 273 Å². The van der Waals surface area contributed by atoms with Gasteiger partial charge in [-0.05, 0) is 111 Å². The highest BCUT2D eigenvalue weighted by Gasteiger charge is 2.43. The normalized spacial score (nSPS) is 22.7. The van der Waals surface area contributed by atoms with Gasteiger partial charge in [0.25, 0.3) is 0 Å². The molecule has 0 saturated carbocycles. The van der Waals surface area contributed by atoms with Crippen molar-refractivity contribution >= 4 is 70.8 Å². The number of carbonyl (C=O) groups is 12. The molecule has 8 N–H and O–H groups in total. The van der Waals surface area contributed by atoms with E-state index in [4.69, 9.17) is 0 Å². The summed E-state index contributed by atoms with van der Waals surface area (Å²) < 4.78 is 0. The van der Waals surface area contributed by atoms with Crippen LogP contribution in [0.25, 0.3) is 0 Å². The number of hydrogen-bond acceptors (Lipinski definition) is 15. The number of nitrogens with one attached hydrogen (secondary N) is 7. The van der Waals surface area contributed by atoms with Crippen molar-refractivity contribution in [1.82, 2.24) is 66.6 Å². The van der Waals surface area contributed by atoms with Crippen LogP contribution in [0.5, 0.6) is 0 Å². The van der Waals surface area contributed by atoms with E-state index in [0.29, 0.717) is 37.9 Å². The smallest absolute Gasteiger partial charge is 0.248 e. The summed E-state index contributed by atoms with van der Waals surface area (Å²) in [4.78, 5) is 186. The highest BCUT2D eigenvalue weighted by Crippen LogP contribution is 2.25. The van der Waals surface area contributed by atoms with Crippen molar-refractivity contribution in [2.75, 3.05) is 61.4 Å². The van der Waals surface area contributed by atoms with Crippen LogP contribution >= 0.6 is 0 Å². The van der Waals surface area contributed by atoms with Crippen molar-refractivity contribution in [3.63, 3.8) is 0 Å². The largest absolute Gasteiger partial charge is 0.391 e. The first-order valence-electron chi connectivity index (χ1n) is 39.6. The Bertz CT molecular complexity index is 3260. The molecule has 11 amide bonds. The molecule has 2 aliphatic heterocycles. The Morgan fingerprint density at radius 3 is 1.57 bits per heavy atom. The Morgan fingerprint density at radius 2 is 1.07 bits per heavy atom. The van der Waals surface area contributed by atoms with E-state index in [1.54, 1.807) is 77.0 Å². The van der Waals surface area contributed by atoms with Gasteiger partial charge in [-0.2, -0.15) is 0 Å². The minimum Gasteiger partial charge on any atom is -0.391 e. The van der Waals surface area contributed by atoms with E-state index in [9.17, 15) is 48.3 Å². The number of amides is 11. The second kappa shape index (κ2) is 44.7. The van der Waals surface area contributed by atoms with Gasteiger partial charge in [-0.15, -0.1) is 0 Å². The van der Waals surface area contributed by atoms with Crippen molar-refractivity contribution in [2.24, 2.45) is 41.4 Å². The average Bonchev–Trinajstić information content (AvgIpc) is 0.820. The topological polar surface area (TPSA) is 329 Å². The molecule has 0 spiro atoms. The molecule has 26 nitrogen and oxygen atoms in total. The summed E-state index contributed by atoms with van der Waals surface area (Å²) in [5, 5.41) is 32.5. The van der Waals surface area contributed by atoms with E-state index in [1.807, 2.05) is 106 Å². The fourth-order valence-electron chi connectivity index (χ4n) is 14.1. The summed E-state index contributed by atoms with van der Waals surface area (Å²) in [5.41, 5.74) is 1.49. The first-order valence-corrected chi connectivity index (χ1v) is 39.6. The number of aliphatic hydroxyl groups excluding tert-OH is 1. The summed E-state index contributed by atoms with van der Waals surface area (Å²) >= 11 is 0. The maximum atomic E-state index is 15.7. The lowest BCUT2D eigenvalue weighted by molar-refractivity contribution is -0.150. The van der Waals surface area contributed by atoms with Crippen LogP contribution in [-0.2, 0) is 70.4 Å². The molecule has 0 radical (unpaired) electrons. The second-order valence-corrected chi connectivity index (χ2v) is 32.7. The van der Waals surface area contributed by atoms with Gasteiger partial charge >= 0.3 is 0 Å². The van der Waals surface area contributed by atoms with Gasteiger partial charge in [-0.3, -0.25) is 62.9 Å². The number of aliphatic hydroxyl groups is 1. The third-order valence-corrected chi connectivity index (χ3v) is 21.6. The third-order valence-electron chi connectivity index (χ3n) is 21.6. The van der Waals surface area contributed by atoms with Gasteiger partial charge in [-0.25, -0.2) is 0 Å². The van der Waals surface area contributed by atoms with Crippen LogP contribution in [0.3, 0.4) is 0 Å². The van der Waals surface area contributed by atoms with Crippen LogP contribution in [0.4, 0.5) is 0 Å². The van der Waals surface area contributed by atoms with Gasteiger partial charge < -0.3 is 66.4 Å². The van der Waals surface area contributed by atoms with Crippen LogP contribution in [0.1, 0.15) is 193 Å². The minimum atomic E-state index is -1.62. The number of likely N-dealkylation sites (N-methyl/N-ethyl adjacent to an activating group) is 4. The van der Waals surface area contributed by atoms with Crippen LogP contribution in [0, 0.1) is 41.4 Å². The maximum absolute atomic E-state index is 15.7. The zero-order valence-corrected chi connectivity index (χ0v) is 68.9. The number of ketones is 1. The molecule has 0 unspecified atom stereocenters. The monoisotopic (exact) mass is 1510 g/mol. The van der Waals surface area contributed by atoms with Crippen molar-refractivity contribution in [3.8, 4) is 0 Å². The SMILES string of the molecule is CC[C@H](C)[C@@H]1NC(=O)[C@H](C(C)C)NC(=O)C[C@H](Cc2ccccc2)N(C)C(=O)[C@H](C(C)C)NC(=O)C[C@H](CC(C)C)N(C)C(=O)C[C@H](C)NC[C@@H](C(=O)N(C)[C@@H](Cc2ccccc2)C(=O)N(C)[C@@H](CC(C)C)C(=O)N[C@H](C(=O)N(C)[C@@H](CC(C)C)C(=O)N[C@H](C(=O)N2CCCCC2)[C@@H](C)CC)[C@@H](C)O)NCC1=O. The molecule has 2 aromatic carbocycles. The maximum Gasteiger partial charge on any atom is 0.248 e. The number of hydrogen-bond donors (Lipinski definition) is 8. The highest BCUT2D eigenvalue weighted by atomic mass is 16.3. The fourth-order valence-corrected chi connectivity index (χ4v) is 14.1. The van der Waals surface area contributed by atoms with Crippen molar-refractivity contribution in [1.29, 1.82) is 0 Å². The van der Waals surface area contributed by atoms with Gasteiger partial charge in [0, 0.05) is 98.7 Å². The molecular weight excluding hydrogens is 1370 g/mol. The standard InChI is InChI=1S/C82H135N13O13/c1-22-54(13)72-66(97)48-84-62(47-83-56(15)42-69(100)90(17)60(39-49(3)4)45-68(99)86-71(53(11)12)80(106)91(18)61(43-58-33-27-24-28-34-58)46-67(98)85-70(52(9)10)77(103)87-72)78(104)94(21)65(44-59-35-29-25-30-36-59)79(105)92(19)63(40-50(5)6)76(102)89-74(57(16)96)81(107)93(20)64(41-51(7)8)75(101)88-73(55(14)23-2)82(108)95-37-31-26-32-38-95/h24-25,27-30,33-36,49-57,60-65,70-74,83-84,96H,22-23,26,31-32,37-48H2,1-21H3,(H,85,98)(H,86,99)(H,87,103)(H,88,101)(H,89,102)/t54-,55-,56-,57+,60-,61-,62-,63-,64-,65-,70-,71-,72-,73-,74-/m0/s1. The number of carbonyl (C=O) groups excluding carboxylic acids is 12. The van der Waals surface area contributed by atoms with Crippen molar-refractivity contribution < 1.29 is 62.6 Å². The third kappa shape index (κ3) is 27.9. The number of piperidine rings is 1.